The molecular weight excluding hydrogens is 889 g/mol. The zero-order valence-electron chi connectivity index (χ0n) is 46.1. The Balaban J connectivity index is 4.57. The van der Waals surface area contributed by atoms with Crippen molar-refractivity contribution in [2.75, 3.05) is 13.2 Å². The smallest absolute Gasteiger partial charge is 0.306 e. The molecule has 404 valence electrons. The average molecular weight is 994 g/mol. The quantitative estimate of drug-likeness (QED) is 0.0199. The van der Waals surface area contributed by atoms with Gasteiger partial charge in [0, 0.05) is 19.3 Å². The number of carbonyl (C=O) groups excluding carboxylic acids is 3. The van der Waals surface area contributed by atoms with Gasteiger partial charge in [0.1, 0.15) is 13.2 Å². The first-order valence-electron chi connectivity index (χ1n) is 28.9. The summed E-state index contributed by atoms with van der Waals surface area (Å²) in [6.45, 7) is 6.31. The monoisotopic (exact) mass is 993 g/mol. The van der Waals surface area contributed by atoms with Gasteiger partial charge < -0.3 is 14.2 Å². The van der Waals surface area contributed by atoms with E-state index in [2.05, 4.69) is 167 Å². The number of rotatable bonds is 50. The van der Waals surface area contributed by atoms with Crippen LogP contribution >= 0.6 is 0 Å². The van der Waals surface area contributed by atoms with E-state index in [-0.39, 0.29) is 44.0 Å². The largest absolute Gasteiger partial charge is 0.462 e. The predicted molar refractivity (Wildman–Crippen MR) is 311 cm³/mol. The van der Waals surface area contributed by atoms with Crippen LogP contribution in [0.3, 0.4) is 0 Å². The number of hydrogen-bond donors (Lipinski definition) is 0. The minimum absolute atomic E-state index is 0.118. The van der Waals surface area contributed by atoms with Crippen LogP contribution in [0, 0.1) is 0 Å². The molecule has 0 saturated carbocycles. The highest BCUT2D eigenvalue weighted by Gasteiger charge is 2.19. The molecule has 0 fully saturated rings. The third-order valence-electron chi connectivity index (χ3n) is 11.6. The maximum atomic E-state index is 12.9. The zero-order chi connectivity index (χ0) is 52.2. The van der Waals surface area contributed by atoms with Crippen LogP contribution in [-0.2, 0) is 28.6 Å². The molecule has 0 radical (unpaired) electrons. The van der Waals surface area contributed by atoms with Gasteiger partial charge in [-0.05, 0) is 122 Å². The van der Waals surface area contributed by atoms with Gasteiger partial charge in [-0.1, -0.05) is 237 Å². The topological polar surface area (TPSA) is 78.9 Å². The number of ether oxygens (including phenoxy) is 3. The maximum Gasteiger partial charge on any atom is 0.306 e. The van der Waals surface area contributed by atoms with E-state index in [4.69, 9.17) is 14.2 Å². The zero-order valence-corrected chi connectivity index (χ0v) is 46.1. The lowest BCUT2D eigenvalue weighted by molar-refractivity contribution is -0.167. The van der Waals surface area contributed by atoms with E-state index in [1.165, 1.54) is 44.9 Å². The molecule has 0 heterocycles. The van der Waals surface area contributed by atoms with Crippen LogP contribution in [0.25, 0.3) is 0 Å². The van der Waals surface area contributed by atoms with E-state index in [0.717, 1.165) is 141 Å². The van der Waals surface area contributed by atoms with Crippen molar-refractivity contribution in [3.63, 3.8) is 0 Å². The van der Waals surface area contributed by atoms with Gasteiger partial charge in [0.25, 0.3) is 0 Å². The maximum absolute atomic E-state index is 12.9. The number of allylic oxidation sites excluding steroid dienone is 24. The Hall–Kier alpha value is -4.71. The second kappa shape index (κ2) is 58.9. The van der Waals surface area contributed by atoms with E-state index in [1.807, 2.05) is 0 Å². The Morgan fingerprint density at radius 3 is 1.01 bits per heavy atom. The Morgan fingerprint density at radius 1 is 0.306 bits per heavy atom. The first-order valence-corrected chi connectivity index (χ1v) is 28.9. The highest BCUT2D eigenvalue weighted by molar-refractivity contribution is 5.71. The molecule has 0 rings (SSSR count). The molecule has 0 aromatic rings. The first-order chi connectivity index (χ1) is 35.5. The Morgan fingerprint density at radius 2 is 0.611 bits per heavy atom. The van der Waals surface area contributed by atoms with Crippen LogP contribution in [0.15, 0.2) is 146 Å². The van der Waals surface area contributed by atoms with E-state index in [9.17, 15) is 14.4 Å². The fourth-order valence-electron chi connectivity index (χ4n) is 7.35. The van der Waals surface area contributed by atoms with Crippen LogP contribution in [-0.4, -0.2) is 37.2 Å². The molecule has 0 aliphatic carbocycles. The molecule has 0 aliphatic heterocycles. The van der Waals surface area contributed by atoms with Crippen molar-refractivity contribution in [3.8, 4) is 0 Å². The SMILES string of the molecule is CC/C=C\C/C=C\C/C=C\C/C=C\C/C=C\CCCC(=O)OCC(COC(=O)CCCCCCCC/C=C\C/C=C\C/C=C\C/C=C\CC)OC(=O)CCCCCCC\C=C/C=C\C=C/CCCCCCC. The van der Waals surface area contributed by atoms with E-state index >= 15 is 0 Å². The van der Waals surface area contributed by atoms with Gasteiger partial charge >= 0.3 is 17.9 Å². The fraction of sp³-hybridized carbons (Fsp3) is 0.591. The number of unbranched alkanes of at least 4 members (excludes halogenated alkanes) is 17. The van der Waals surface area contributed by atoms with Crippen LogP contribution in [0.5, 0.6) is 0 Å². The van der Waals surface area contributed by atoms with Crippen molar-refractivity contribution in [3.05, 3.63) is 146 Å². The van der Waals surface area contributed by atoms with E-state index in [1.54, 1.807) is 0 Å². The molecule has 0 spiro atoms. The molecule has 6 nitrogen and oxygen atoms in total. The van der Waals surface area contributed by atoms with Crippen LogP contribution in [0.4, 0.5) is 0 Å². The minimum Gasteiger partial charge on any atom is -0.462 e. The van der Waals surface area contributed by atoms with Crippen LogP contribution in [0.1, 0.15) is 233 Å². The number of esters is 3. The molecular formula is C66H104O6. The molecule has 0 saturated heterocycles. The molecule has 72 heavy (non-hydrogen) atoms. The summed E-state index contributed by atoms with van der Waals surface area (Å²) in [7, 11) is 0. The summed E-state index contributed by atoms with van der Waals surface area (Å²) in [5, 5.41) is 0. The molecule has 1 atom stereocenters. The number of carbonyl (C=O) groups is 3. The third-order valence-corrected chi connectivity index (χ3v) is 11.6. The summed E-state index contributed by atoms with van der Waals surface area (Å²) >= 11 is 0. The molecule has 0 aromatic heterocycles. The second-order valence-corrected chi connectivity index (χ2v) is 18.5. The Bertz CT molecular complexity index is 1610. The highest BCUT2D eigenvalue weighted by Crippen LogP contribution is 2.13. The Kier molecular flexibility index (Phi) is 55.0. The third kappa shape index (κ3) is 56.2. The molecule has 1 unspecified atom stereocenters. The van der Waals surface area contributed by atoms with Gasteiger partial charge in [-0.25, -0.2) is 0 Å². The summed E-state index contributed by atoms with van der Waals surface area (Å²) in [4.78, 5) is 38.2. The van der Waals surface area contributed by atoms with Crippen molar-refractivity contribution in [2.24, 2.45) is 0 Å². The second-order valence-electron chi connectivity index (χ2n) is 18.5. The van der Waals surface area contributed by atoms with Crippen LogP contribution in [0.2, 0.25) is 0 Å². The van der Waals surface area contributed by atoms with Crippen molar-refractivity contribution in [1.82, 2.24) is 0 Å². The molecule has 0 bridgehead atoms. The van der Waals surface area contributed by atoms with Crippen molar-refractivity contribution >= 4 is 17.9 Å². The summed E-state index contributed by atoms with van der Waals surface area (Å²) in [5.74, 6) is -1.02. The van der Waals surface area contributed by atoms with Crippen molar-refractivity contribution in [1.29, 1.82) is 0 Å². The minimum atomic E-state index is -0.826. The van der Waals surface area contributed by atoms with Crippen LogP contribution < -0.4 is 0 Å². The summed E-state index contributed by atoms with van der Waals surface area (Å²) in [5.41, 5.74) is 0. The van der Waals surface area contributed by atoms with Gasteiger partial charge in [0.2, 0.25) is 0 Å². The van der Waals surface area contributed by atoms with Gasteiger partial charge in [-0.15, -0.1) is 0 Å². The van der Waals surface area contributed by atoms with Crippen molar-refractivity contribution in [2.45, 2.75) is 239 Å². The lowest BCUT2D eigenvalue weighted by atomic mass is 10.1. The van der Waals surface area contributed by atoms with Gasteiger partial charge in [-0.2, -0.15) is 0 Å². The van der Waals surface area contributed by atoms with E-state index < -0.39 is 6.10 Å². The average Bonchev–Trinajstić information content (AvgIpc) is 3.38. The molecule has 0 N–H and O–H groups in total. The van der Waals surface area contributed by atoms with Crippen molar-refractivity contribution < 1.29 is 28.6 Å². The molecule has 6 heteroatoms. The first kappa shape index (κ1) is 67.3. The number of hydrogen-bond acceptors (Lipinski definition) is 6. The predicted octanol–water partition coefficient (Wildman–Crippen LogP) is 19.6. The summed E-state index contributed by atoms with van der Waals surface area (Å²) < 4.78 is 16.8. The molecule has 0 aromatic carbocycles. The van der Waals surface area contributed by atoms with Gasteiger partial charge in [-0.3, -0.25) is 14.4 Å². The lowest BCUT2D eigenvalue weighted by Gasteiger charge is -2.18. The van der Waals surface area contributed by atoms with Gasteiger partial charge in [0.15, 0.2) is 6.10 Å². The fourth-order valence-corrected chi connectivity index (χ4v) is 7.35. The standard InChI is InChI=1S/C66H104O6/c1-4-7-10-13-16-19-22-25-28-31-33-36-38-41-44-47-50-53-56-59-65(68)71-62-63(61-70-64(67)58-55-52-49-46-43-40-37-34-30-27-24-21-18-15-12-9-6-3)72-66(69)60-57-54-51-48-45-42-39-35-32-29-26-23-20-17-14-11-8-5-2/h7,9-10,12,16,18-19,21,23,25-30,32-33,35-37,39-40,46,49,63H,4-6,8,11,13-15,17,20,22,24,31,34,38,41-45,47-48,50-62H2,1-3H3/b10-7-,12-9-,19-16-,21-18-,26-23-,28-25-,30-27-,32-29-,36-33-,39-35-,40-37-,49-46-. The molecule has 0 aliphatic rings. The normalized spacial score (nSPS) is 13.2. The van der Waals surface area contributed by atoms with Gasteiger partial charge in [0.05, 0.1) is 0 Å². The summed E-state index contributed by atoms with van der Waals surface area (Å²) in [6, 6.07) is 0. The van der Waals surface area contributed by atoms with E-state index in [0.29, 0.717) is 12.8 Å². The Labute approximate surface area is 442 Å². The summed E-state index contributed by atoms with van der Waals surface area (Å²) in [6.07, 6.45) is 84.1. The lowest BCUT2D eigenvalue weighted by Crippen LogP contribution is -2.30. The molecule has 0 amide bonds. The highest BCUT2D eigenvalue weighted by atomic mass is 16.6.